The lowest BCUT2D eigenvalue weighted by Crippen LogP contribution is -2.58. The molecule has 228 valence electrons. The Kier molecular flexibility index (Phi) is 11.6. The molecule has 10 nitrogen and oxygen atoms in total. The molecule has 2 aliphatic rings. The number of carbonyl (C=O) groups is 4. The monoisotopic (exact) mass is 573 g/mol. The third kappa shape index (κ3) is 9.45. The number of ether oxygens (including phenoxy) is 2. The number of carbonyl (C=O) groups excluding carboxylic acids is 4. The largest absolute Gasteiger partial charge is 0.467 e. The summed E-state index contributed by atoms with van der Waals surface area (Å²) >= 11 is 0. The van der Waals surface area contributed by atoms with Crippen molar-refractivity contribution in [3.63, 3.8) is 0 Å². The molecule has 2 fully saturated rings. The minimum Gasteiger partial charge on any atom is -0.467 e. The highest BCUT2D eigenvalue weighted by molar-refractivity contribution is 5.92. The molecule has 1 aliphatic carbocycles. The molecule has 1 aromatic carbocycles. The molecule has 1 aliphatic heterocycles. The molecular formula is C31H47N3O7. The summed E-state index contributed by atoms with van der Waals surface area (Å²) in [7, 11) is 1.20. The topological polar surface area (TPSA) is 134 Å². The number of nitrogens with zero attached hydrogens (tertiary/aromatic N) is 1. The Balaban J connectivity index is 1.81. The Labute approximate surface area is 243 Å². The predicted molar refractivity (Wildman–Crippen MR) is 154 cm³/mol. The SMILES string of the molecule is COC(=O)C(O)[C@H](CC1CCCCC1)NC(=O)C(CC(C)C)NC(=O)[C@H](Cc1ccccc1)N1CC(C)(C)OC1=O. The van der Waals surface area contributed by atoms with Gasteiger partial charge in [0, 0.05) is 6.42 Å². The van der Waals surface area contributed by atoms with Gasteiger partial charge in [0.25, 0.3) is 0 Å². The highest BCUT2D eigenvalue weighted by Gasteiger charge is 2.44. The highest BCUT2D eigenvalue weighted by Crippen LogP contribution is 2.29. The smallest absolute Gasteiger partial charge is 0.411 e. The summed E-state index contributed by atoms with van der Waals surface area (Å²) in [5.74, 6) is -1.45. The van der Waals surface area contributed by atoms with Gasteiger partial charge in [-0.25, -0.2) is 9.59 Å². The molecule has 2 unspecified atom stereocenters. The van der Waals surface area contributed by atoms with E-state index in [1.54, 1.807) is 13.8 Å². The Bertz CT molecular complexity index is 1040. The first kappa shape index (κ1) is 32.4. The molecule has 3 rings (SSSR count). The van der Waals surface area contributed by atoms with Crippen LogP contribution in [0.4, 0.5) is 4.79 Å². The molecule has 0 spiro atoms. The molecule has 3 amide bonds. The van der Waals surface area contributed by atoms with Crippen LogP contribution in [0.5, 0.6) is 0 Å². The van der Waals surface area contributed by atoms with Crippen LogP contribution in [0.25, 0.3) is 0 Å². The lowest BCUT2D eigenvalue weighted by atomic mass is 9.83. The van der Waals surface area contributed by atoms with Gasteiger partial charge in [-0.15, -0.1) is 0 Å². The molecule has 41 heavy (non-hydrogen) atoms. The molecule has 1 heterocycles. The molecule has 10 heteroatoms. The number of cyclic esters (lactones) is 1. The summed E-state index contributed by atoms with van der Waals surface area (Å²) in [5, 5.41) is 16.5. The number of esters is 1. The number of rotatable bonds is 13. The third-order valence-electron chi connectivity index (χ3n) is 7.90. The fourth-order valence-electron chi connectivity index (χ4n) is 5.81. The minimum atomic E-state index is -1.52. The maximum atomic E-state index is 13.8. The van der Waals surface area contributed by atoms with Crippen LogP contribution >= 0.6 is 0 Å². The van der Waals surface area contributed by atoms with Crippen LogP contribution < -0.4 is 10.6 Å². The lowest BCUT2D eigenvalue weighted by molar-refractivity contribution is -0.153. The molecule has 0 aromatic heterocycles. The molecule has 0 radical (unpaired) electrons. The summed E-state index contributed by atoms with van der Waals surface area (Å²) in [5.41, 5.74) is 0.112. The van der Waals surface area contributed by atoms with E-state index in [0.717, 1.165) is 37.7 Å². The zero-order valence-electron chi connectivity index (χ0n) is 25.1. The van der Waals surface area contributed by atoms with Gasteiger partial charge in [0.15, 0.2) is 6.10 Å². The maximum absolute atomic E-state index is 13.8. The van der Waals surface area contributed by atoms with E-state index in [4.69, 9.17) is 9.47 Å². The van der Waals surface area contributed by atoms with Crippen LogP contribution in [0, 0.1) is 11.8 Å². The van der Waals surface area contributed by atoms with Gasteiger partial charge in [-0.2, -0.15) is 0 Å². The summed E-state index contributed by atoms with van der Waals surface area (Å²) in [6, 6.07) is 6.69. The Hall–Kier alpha value is -3.14. The van der Waals surface area contributed by atoms with Crippen molar-refractivity contribution in [3.05, 3.63) is 35.9 Å². The summed E-state index contributed by atoms with van der Waals surface area (Å²) in [4.78, 5) is 53.9. The predicted octanol–water partition coefficient (Wildman–Crippen LogP) is 3.35. The van der Waals surface area contributed by atoms with Crippen LogP contribution in [0.15, 0.2) is 30.3 Å². The van der Waals surface area contributed by atoms with E-state index in [2.05, 4.69) is 10.6 Å². The summed E-state index contributed by atoms with van der Waals surface area (Å²) in [6.07, 6.45) is 4.16. The molecule has 3 N–H and O–H groups in total. The summed E-state index contributed by atoms with van der Waals surface area (Å²) < 4.78 is 10.3. The van der Waals surface area contributed by atoms with Crippen LogP contribution in [-0.2, 0) is 30.3 Å². The van der Waals surface area contributed by atoms with Crippen molar-refractivity contribution in [2.75, 3.05) is 13.7 Å². The van der Waals surface area contributed by atoms with E-state index in [1.807, 2.05) is 44.2 Å². The molecular weight excluding hydrogens is 526 g/mol. The zero-order chi connectivity index (χ0) is 30.2. The Morgan fingerprint density at radius 2 is 1.73 bits per heavy atom. The number of methoxy groups -OCH3 is 1. The van der Waals surface area contributed by atoms with Gasteiger partial charge < -0.3 is 25.2 Å². The van der Waals surface area contributed by atoms with E-state index in [9.17, 15) is 24.3 Å². The van der Waals surface area contributed by atoms with Gasteiger partial charge in [-0.05, 0) is 44.1 Å². The second-order valence-corrected chi connectivity index (χ2v) is 12.5. The van der Waals surface area contributed by atoms with Crippen molar-refractivity contribution < 1.29 is 33.8 Å². The number of hydrogen-bond donors (Lipinski definition) is 3. The third-order valence-corrected chi connectivity index (χ3v) is 7.90. The maximum Gasteiger partial charge on any atom is 0.411 e. The average molecular weight is 574 g/mol. The number of hydrogen-bond acceptors (Lipinski definition) is 7. The van der Waals surface area contributed by atoms with E-state index >= 15 is 0 Å². The molecule has 1 saturated heterocycles. The van der Waals surface area contributed by atoms with Gasteiger partial charge in [0.05, 0.1) is 19.7 Å². The second-order valence-electron chi connectivity index (χ2n) is 12.5. The van der Waals surface area contributed by atoms with E-state index < -0.39 is 53.7 Å². The molecule has 0 bridgehead atoms. The van der Waals surface area contributed by atoms with Gasteiger partial charge in [0.1, 0.15) is 17.7 Å². The van der Waals surface area contributed by atoms with E-state index in [1.165, 1.54) is 12.0 Å². The standard InChI is InChI=1S/C31H47N3O7/c1-20(2)16-24(27(36)32-23(26(35)29(38)40-5)17-21-12-8-6-9-13-21)33-28(37)25(18-22-14-10-7-11-15-22)34-19-31(3,4)41-30(34)39/h7,10-11,14-15,20-21,23-26,35H,6,8-9,12-13,16-19H2,1-5H3,(H,32,36)(H,33,37)/t23-,24?,25-,26?/m0/s1. The van der Waals surface area contributed by atoms with Gasteiger partial charge in [0.2, 0.25) is 11.8 Å². The second kappa shape index (κ2) is 14.7. The lowest BCUT2D eigenvalue weighted by Gasteiger charge is -2.32. The van der Waals surface area contributed by atoms with Crippen molar-refractivity contribution >= 4 is 23.9 Å². The number of benzene rings is 1. The highest BCUT2D eigenvalue weighted by atomic mass is 16.6. The first-order valence-corrected chi connectivity index (χ1v) is 14.8. The zero-order valence-corrected chi connectivity index (χ0v) is 25.1. The number of amides is 3. The van der Waals surface area contributed by atoms with Crippen molar-refractivity contribution in [2.24, 2.45) is 11.8 Å². The quantitative estimate of drug-likeness (QED) is 0.308. The van der Waals surface area contributed by atoms with E-state index in [-0.39, 0.29) is 24.8 Å². The van der Waals surface area contributed by atoms with Gasteiger partial charge >= 0.3 is 12.1 Å². The normalized spacial score (nSPS) is 20.1. The number of aliphatic hydroxyl groups is 1. The fourth-order valence-corrected chi connectivity index (χ4v) is 5.81. The van der Waals surface area contributed by atoms with Crippen LogP contribution in [0.2, 0.25) is 0 Å². The Morgan fingerprint density at radius 3 is 2.29 bits per heavy atom. The van der Waals surface area contributed by atoms with Gasteiger partial charge in [-0.3, -0.25) is 14.5 Å². The summed E-state index contributed by atoms with van der Waals surface area (Å²) in [6.45, 7) is 7.69. The van der Waals surface area contributed by atoms with Crippen molar-refractivity contribution in [3.8, 4) is 0 Å². The molecule has 1 saturated carbocycles. The van der Waals surface area contributed by atoms with E-state index in [0.29, 0.717) is 12.8 Å². The van der Waals surface area contributed by atoms with Crippen LogP contribution in [-0.4, -0.2) is 77.4 Å². The van der Waals surface area contributed by atoms with Crippen LogP contribution in [0.1, 0.15) is 78.2 Å². The Morgan fingerprint density at radius 1 is 1.07 bits per heavy atom. The van der Waals surface area contributed by atoms with Crippen LogP contribution in [0.3, 0.4) is 0 Å². The van der Waals surface area contributed by atoms with Gasteiger partial charge in [-0.1, -0.05) is 76.3 Å². The first-order chi connectivity index (χ1) is 19.4. The van der Waals surface area contributed by atoms with Crippen molar-refractivity contribution in [1.29, 1.82) is 0 Å². The number of nitrogens with one attached hydrogen (secondary N) is 2. The average Bonchev–Trinajstić information content (AvgIpc) is 3.22. The fraction of sp³-hybridized carbons (Fsp3) is 0.677. The molecule has 1 aromatic rings. The number of aliphatic hydroxyl groups excluding tert-OH is 1. The minimum absolute atomic E-state index is 0.0524. The molecule has 4 atom stereocenters. The van der Waals surface area contributed by atoms with Crippen molar-refractivity contribution in [2.45, 2.75) is 109 Å². The first-order valence-electron chi connectivity index (χ1n) is 14.8. The van der Waals surface area contributed by atoms with Crippen molar-refractivity contribution in [1.82, 2.24) is 15.5 Å².